The highest BCUT2D eigenvalue weighted by Crippen LogP contribution is 2.09. The van der Waals surface area contributed by atoms with Crippen LogP contribution >= 0.6 is 0 Å². The van der Waals surface area contributed by atoms with Crippen LogP contribution in [0.4, 0.5) is 9.59 Å². The number of nitrogens with zero attached hydrogens (tertiary/aromatic N) is 1. The molecule has 0 aliphatic rings. The van der Waals surface area contributed by atoms with E-state index in [4.69, 9.17) is 14.3 Å². The SMILES string of the molecule is CCN(CC)C(=O)NOC(C)OC(=O)OC(C)(C)C. The maximum absolute atomic E-state index is 11.5. The third-order valence-electron chi connectivity index (χ3n) is 2.01. The molecule has 1 atom stereocenters. The maximum Gasteiger partial charge on any atom is 0.511 e. The predicted octanol–water partition coefficient (Wildman–Crippen LogP) is 2.27. The average molecular weight is 276 g/mol. The molecule has 0 aromatic rings. The summed E-state index contributed by atoms with van der Waals surface area (Å²) in [7, 11) is 0. The summed E-state index contributed by atoms with van der Waals surface area (Å²) in [5.74, 6) is 0. The third kappa shape index (κ3) is 8.25. The molecule has 0 aliphatic heterocycles. The number of amides is 2. The van der Waals surface area contributed by atoms with E-state index >= 15 is 0 Å². The van der Waals surface area contributed by atoms with E-state index in [1.54, 1.807) is 20.8 Å². The van der Waals surface area contributed by atoms with Crippen LogP contribution in [0.5, 0.6) is 0 Å². The Morgan fingerprint density at radius 3 is 2.16 bits per heavy atom. The summed E-state index contributed by atoms with van der Waals surface area (Å²) in [6, 6.07) is -0.385. The number of nitrogens with one attached hydrogen (secondary N) is 1. The summed E-state index contributed by atoms with van der Waals surface area (Å²) in [5.41, 5.74) is 1.57. The number of hydrogen-bond donors (Lipinski definition) is 1. The molecule has 0 spiro atoms. The van der Waals surface area contributed by atoms with E-state index in [9.17, 15) is 9.59 Å². The van der Waals surface area contributed by atoms with Crippen molar-refractivity contribution in [1.29, 1.82) is 0 Å². The van der Waals surface area contributed by atoms with Crippen molar-refractivity contribution in [3.63, 3.8) is 0 Å². The number of carbonyl (C=O) groups is 2. The minimum atomic E-state index is -0.936. The molecule has 0 radical (unpaired) electrons. The fourth-order valence-electron chi connectivity index (χ4n) is 1.14. The number of ether oxygens (including phenoxy) is 2. The van der Waals surface area contributed by atoms with Gasteiger partial charge in [-0.05, 0) is 34.6 Å². The van der Waals surface area contributed by atoms with Crippen molar-refractivity contribution in [3.05, 3.63) is 0 Å². The summed E-state index contributed by atoms with van der Waals surface area (Å²) < 4.78 is 9.75. The van der Waals surface area contributed by atoms with Gasteiger partial charge in [-0.25, -0.2) is 19.9 Å². The first-order chi connectivity index (χ1) is 8.69. The molecule has 7 nitrogen and oxygen atoms in total. The number of carbonyl (C=O) groups excluding carboxylic acids is 2. The van der Waals surface area contributed by atoms with Crippen molar-refractivity contribution in [1.82, 2.24) is 10.4 Å². The van der Waals surface area contributed by atoms with E-state index in [-0.39, 0.29) is 6.03 Å². The molecule has 7 heteroatoms. The van der Waals surface area contributed by atoms with Gasteiger partial charge in [0.1, 0.15) is 5.60 Å². The Labute approximate surface area is 114 Å². The zero-order chi connectivity index (χ0) is 15.1. The van der Waals surface area contributed by atoms with Crippen LogP contribution in [0.3, 0.4) is 0 Å². The van der Waals surface area contributed by atoms with Crippen LogP contribution in [-0.2, 0) is 14.3 Å². The Hall–Kier alpha value is -1.50. The smallest absolute Gasteiger partial charge is 0.429 e. The largest absolute Gasteiger partial charge is 0.511 e. The van der Waals surface area contributed by atoms with E-state index in [2.05, 4.69) is 5.48 Å². The highest BCUT2D eigenvalue weighted by molar-refractivity contribution is 5.72. The van der Waals surface area contributed by atoms with Crippen molar-refractivity contribution >= 4 is 12.2 Å². The number of hydroxylamine groups is 1. The fraction of sp³-hybridized carbons (Fsp3) is 0.833. The topological polar surface area (TPSA) is 77.1 Å². The van der Waals surface area contributed by atoms with E-state index < -0.39 is 18.0 Å². The van der Waals surface area contributed by atoms with Gasteiger partial charge in [0.2, 0.25) is 6.29 Å². The van der Waals surface area contributed by atoms with Gasteiger partial charge in [0, 0.05) is 20.0 Å². The Bertz CT molecular complexity index is 297. The van der Waals surface area contributed by atoms with E-state index in [1.807, 2.05) is 13.8 Å². The van der Waals surface area contributed by atoms with Gasteiger partial charge in [-0.15, -0.1) is 0 Å². The van der Waals surface area contributed by atoms with Crippen LogP contribution in [-0.4, -0.2) is 42.1 Å². The quantitative estimate of drug-likeness (QED) is 0.473. The molecular weight excluding hydrogens is 252 g/mol. The predicted molar refractivity (Wildman–Crippen MR) is 69.3 cm³/mol. The van der Waals surface area contributed by atoms with Gasteiger partial charge in [0.05, 0.1) is 0 Å². The zero-order valence-electron chi connectivity index (χ0n) is 12.5. The van der Waals surface area contributed by atoms with Gasteiger partial charge in [0.25, 0.3) is 0 Å². The molecule has 0 fully saturated rings. The van der Waals surface area contributed by atoms with Gasteiger partial charge in [0.15, 0.2) is 0 Å². The van der Waals surface area contributed by atoms with E-state index in [0.717, 1.165) is 0 Å². The summed E-state index contributed by atoms with van der Waals surface area (Å²) in [4.78, 5) is 29.3. The van der Waals surface area contributed by atoms with Crippen molar-refractivity contribution in [2.45, 2.75) is 53.4 Å². The highest BCUT2D eigenvalue weighted by Gasteiger charge is 2.20. The highest BCUT2D eigenvalue weighted by atomic mass is 16.8. The Morgan fingerprint density at radius 2 is 1.74 bits per heavy atom. The molecule has 0 heterocycles. The third-order valence-corrected chi connectivity index (χ3v) is 2.01. The Balaban J connectivity index is 4.02. The second-order valence-corrected chi connectivity index (χ2v) is 4.85. The summed E-state index contributed by atoms with van der Waals surface area (Å²) in [6.45, 7) is 11.5. The maximum atomic E-state index is 11.5. The minimum absolute atomic E-state index is 0.385. The molecule has 1 N–H and O–H groups in total. The average Bonchev–Trinajstić information content (AvgIpc) is 2.25. The first-order valence-electron chi connectivity index (χ1n) is 6.29. The summed E-state index contributed by atoms with van der Waals surface area (Å²) >= 11 is 0. The van der Waals surface area contributed by atoms with E-state index in [1.165, 1.54) is 11.8 Å². The molecule has 0 aromatic heterocycles. The first-order valence-corrected chi connectivity index (χ1v) is 6.29. The lowest BCUT2D eigenvalue weighted by Gasteiger charge is -2.22. The van der Waals surface area contributed by atoms with Gasteiger partial charge >= 0.3 is 12.2 Å². The molecule has 112 valence electrons. The molecule has 0 rings (SSSR count). The molecular formula is C12H24N2O5. The lowest BCUT2D eigenvalue weighted by molar-refractivity contribution is -0.148. The van der Waals surface area contributed by atoms with Crippen molar-refractivity contribution in [3.8, 4) is 0 Å². The Kier molecular flexibility index (Phi) is 7.21. The van der Waals surface area contributed by atoms with Gasteiger partial charge in [-0.3, -0.25) is 0 Å². The first kappa shape index (κ1) is 17.5. The van der Waals surface area contributed by atoms with Crippen LogP contribution in [0.25, 0.3) is 0 Å². The van der Waals surface area contributed by atoms with Crippen LogP contribution in [0.2, 0.25) is 0 Å². The number of urea groups is 1. The molecule has 2 amide bonds. The molecule has 19 heavy (non-hydrogen) atoms. The van der Waals surface area contributed by atoms with Gasteiger partial charge < -0.3 is 14.4 Å². The van der Waals surface area contributed by atoms with Crippen molar-refractivity contribution < 1.29 is 23.9 Å². The second kappa shape index (κ2) is 7.83. The van der Waals surface area contributed by atoms with Gasteiger partial charge in [-0.1, -0.05) is 0 Å². The second-order valence-electron chi connectivity index (χ2n) is 4.85. The van der Waals surface area contributed by atoms with Crippen LogP contribution in [0.15, 0.2) is 0 Å². The molecule has 0 aromatic carbocycles. The van der Waals surface area contributed by atoms with Crippen LogP contribution in [0, 0.1) is 0 Å². The standard InChI is InChI=1S/C12H24N2O5/c1-7-14(8-2)10(15)13-19-9(3)17-11(16)18-12(4,5)6/h9H,7-8H2,1-6H3,(H,13,15). The lowest BCUT2D eigenvalue weighted by Crippen LogP contribution is -2.41. The molecule has 0 aliphatic carbocycles. The summed E-state index contributed by atoms with van der Waals surface area (Å²) in [6.07, 6.45) is -1.79. The molecule has 0 saturated carbocycles. The number of hydrogen-bond acceptors (Lipinski definition) is 5. The number of rotatable bonds is 5. The molecule has 0 saturated heterocycles. The lowest BCUT2D eigenvalue weighted by atomic mass is 10.2. The van der Waals surface area contributed by atoms with Crippen LogP contribution in [0.1, 0.15) is 41.5 Å². The van der Waals surface area contributed by atoms with Crippen LogP contribution < -0.4 is 5.48 Å². The zero-order valence-corrected chi connectivity index (χ0v) is 12.5. The van der Waals surface area contributed by atoms with Crippen molar-refractivity contribution in [2.75, 3.05) is 13.1 Å². The monoisotopic (exact) mass is 276 g/mol. The molecule has 0 bridgehead atoms. The fourth-order valence-corrected chi connectivity index (χ4v) is 1.14. The molecule has 1 unspecified atom stereocenters. The van der Waals surface area contributed by atoms with E-state index in [0.29, 0.717) is 13.1 Å². The normalized spacial score (nSPS) is 12.5. The summed E-state index contributed by atoms with van der Waals surface area (Å²) in [5, 5.41) is 0. The van der Waals surface area contributed by atoms with Crippen molar-refractivity contribution in [2.24, 2.45) is 0 Å². The minimum Gasteiger partial charge on any atom is -0.429 e. The van der Waals surface area contributed by atoms with Gasteiger partial charge in [-0.2, -0.15) is 0 Å². The Morgan fingerprint density at radius 1 is 1.21 bits per heavy atom.